The zero-order valence-corrected chi connectivity index (χ0v) is 21.6. The fourth-order valence-electron chi connectivity index (χ4n) is 3.48. The number of hydrogen-bond donors (Lipinski definition) is 0. The smallest absolute Gasteiger partial charge is 0.419 e. The molecule has 0 aliphatic heterocycles. The first-order chi connectivity index (χ1) is 16.7. The number of carbonyl (C=O) groups is 1. The fraction of sp³-hybridized carbons (Fsp3) is 0.385. The number of alkyl halides is 3. The second kappa shape index (κ2) is 10.5. The summed E-state index contributed by atoms with van der Waals surface area (Å²) in [7, 11) is 0. The standard InChI is InChI=1S/C26H27F4NO4S/c1-7-33-24(32)25(5,6)35-21-11-9-18(12-14(21)2)34-16(4)22-15(3)31-23(36-22)17-8-10-19(20(27)13-17)26(28,29)30/h8-13,16H,7H2,1-6H3. The van der Waals surface area contributed by atoms with Gasteiger partial charge in [0.25, 0.3) is 0 Å². The van der Waals surface area contributed by atoms with Crippen LogP contribution >= 0.6 is 11.3 Å². The molecule has 36 heavy (non-hydrogen) atoms. The van der Waals surface area contributed by atoms with Crippen LogP contribution in [0.2, 0.25) is 0 Å². The van der Waals surface area contributed by atoms with Gasteiger partial charge in [-0.3, -0.25) is 0 Å². The second-order valence-electron chi connectivity index (χ2n) is 8.68. The molecule has 0 amide bonds. The lowest BCUT2D eigenvalue weighted by atomic mass is 10.1. The molecule has 0 fully saturated rings. The largest absolute Gasteiger partial charge is 0.485 e. The third-order valence-electron chi connectivity index (χ3n) is 5.31. The van der Waals surface area contributed by atoms with E-state index in [1.54, 1.807) is 45.9 Å². The second-order valence-corrected chi connectivity index (χ2v) is 9.71. The Morgan fingerprint density at radius 3 is 2.39 bits per heavy atom. The average Bonchev–Trinajstić information content (AvgIpc) is 3.16. The van der Waals surface area contributed by atoms with Crippen molar-refractivity contribution in [2.24, 2.45) is 0 Å². The van der Waals surface area contributed by atoms with Gasteiger partial charge in [0.1, 0.15) is 28.4 Å². The Balaban J connectivity index is 1.76. The van der Waals surface area contributed by atoms with Gasteiger partial charge in [0.05, 0.1) is 22.7 Å². The van der Waals surface area contributed by atoms with Crippen molar-refractivity contribution in [2.45, 2.75) is 59.4 Å². The van der Waals surface area contributed by atoms with Gasteiger partial charge in [-0.1, -0.05) is 6.07 Å². The predicted octanol–water partition coefficient (Wildman–Crippen LogP) is 7.45. The van der Waals surface area contributed by atoms with Crippen LogP contribution in [0.25, 0.3) is 10.6 Å². The summed E-state index contributed by atoms with van der Waals surface area (Å²) < 4.78 is 69.6. The highest BCUT2D eigenvalue weighted by molar-refractivity contribution is 7.15. The summed E-state index contributed by atoms with van der Waals surface area (Å²) in [6, 6.07) is 7.96. The quantitative estimate of drug-likeness (QED) is 0.226. The van der Waals surface area contributed by atoms with Crippen molar-refractivity contribution < 1.29 is 36.6 Å². The molecule has 10 heteroatoms. The van der Waals surface area contributed by atoms with Crippen molar-refractivity contribution in [3.63, 3.8) is 0 Å². The number of hydrogen-bond acceptors (Lipinski definition) is 6. The van der Waals surface area contributed by atoms with E-state index in [2.05, 4.69) is 4.98 Å². The number of nitrogens with zero attached hydrogens (tertiary/aromatic N) is 1. The first kappa shape index (κ1) is 27.4. The number of esters is 1. The van der Waals surface area contributed by atoms with Crippen LogP contribution in [0.5, 0.6) is 11.5 Å². The van der Waals surface area contributed by atoms with Crippen molar-refractivity contribution in [3.05, 3.63) is 63.9 Å². The monoisotopic (exact) mass is 525 g/mol. The maximum Gasteiger partial charge on any atom is 0.419 e. The number of rotatable bonds is 8. The van der Waals surface area contributed by atoms with Crippen LogP contribution in [-0.4, -0.2) is 23.2 Å². The molecule has 1 aromatic heterocycles. The van der Waals surface area contributed by atoms with Gasteiger partial charge in [0, 0.05) is 5.56 Å². The van der Waals surface area contributed by atoms with E-state index in [1.807, 2.05) is 13.8 Å². The van der Waals surface area contributed by atoms with Crippen molar-refractivity contribution in [3.8, 4) is 22.1 Å². The summed E-state index contributed by atoms with van der Waals surface area (Å²) >= 11 is 1.22. The van der Waals surface area contributed by atoms with E-state index in [-0.39, 0.29) is 12.2 Å². The summed E-state index contributed by atoms with van der Waals surface area (Å²) in [5, 5.41) is 0.395. The average molecular weight is 526 g/mol. The first-order valence-corrected chi connectivity index (χ1v) is 12.0. The lowest BCUT2D eigenvalue weighted by Crippen LogP contribution is -2.39. The topological polar surface area (TPSA) is 57.7 Å². The highest BCUT2D eigenvalue weighted by Crippen LogP contribution is 2.38. The summed E-state index contributed by atoms with van der Waals surface area (Å²) in [6.07, 6.45) is -5.19. The van der Waals surface area contributed by atoms with E-state index in [1.165, 1.54) is 17.4 Å². The van der Waals surface area contributed by atoms with Crippen LogP contribution in [0.4, 0.5) is 17.6 Å². The third kappa shape index (κ3) is 6.16. The van der Waals surface area contributed by atoms with Crippen LogP contribution in [0.3, 0.4) is 0 Å². The molecule has 194 valence electrons. The van der Waals surface area contributed by atoms with Crippen LogP contribution in [-0.2, 0) is 15.7 Å². The van der Waals surface area contributed by atoms with Gasteiger partial charge in [-0.25, -0.2) is 14.2 Å². The zero-order valence-electron chi connectivity index (χ0n) is 20.7. The van der Waals surface area contributed by atoms with Crippen molar-refractivity contribution >= 4 is 17.3 Å². The van der Waals surface area contributed by atoms with Gasteiger partial charge < -0.3 is 14.2 Å². The fourth-order valence-corrected chi connectivity index (χ4v) is 4.52. The van der Waals surface area contributed by atoms with Crippen molar-refractivity contribution in [1.82, 2.24) is 4.98 Å². The molecule has 5 nitrogen and oxygen atoms in total. The molecular weight excluding hydrogens is 498 g/mol. The van der Waals surface area contributed by atoms with E-state index in [0.29, 0.717) is 22.2 Å². The Kier molecular flexibility index (Phi) is 7.97. The molecule has 0 radical (unpaired) electrons. The number of halogens is 4. The Labute approximate surface area is 211 Å². The number of aryl methyl sites for hydroxylation is 2. The van der Waals surface area contributed by atoms with Crippen LogP contribution < -0.4 is 9.47 Å². The molecule has 2 aromatic carbocycles. The summed E-state index contributed by atoms with van der Waals surface area (Å²) in [5.74, 6) is -0.754. The molecule has 3 aromatic rings. The summed E-state index contributed by atoms with van der Waals surface area (Å²) in [4.78, 5) is 17.3. The number of carbonyl (C=O) groups excluding carboxylic acids is 1. The lowest BCUT2D eigenvalue weighted by molar-refractivity contribution is -0.158. The van der Waals surface area contributed by atoms with Gasteiger partial charge in [-0.15, -0.1) is 11.3 Å². The number of aromatic nitrogens is 1. The molecule has 0 aliphatic rings. The van der Waals surface area contributed by atoms with E-state index in [0.717, 1.165) is 22.6 Å². The van der Waals surface area contributed by atoms with Crippen molar-refractivity contribution in [2.75, 3.05) is 6.61 Å². The number of thiazole rings is 1. The number of ether oxygens (including phenoxy) is 3. The molecule has 0 N–H and O–H groups in total. The van der Waals surface area contributed by atoms with Crippen LogP contribution in [0, 0.1) is 19.7 Å². The molecule has 1 atom stereocenters. The Hall–Kier alpha value is -3.14. The van der Waals surface area contributed by atoms with Gasteiger partial charge >= 0.3 is 12.1 Å². The summed E-state index contributed by atoms with van der Waals surface area (Å²) in [6.45, 7) is 10.6. The summed E-state index contributed by atoms with van der Waals surface area (Å²) in [5.41, 5.74) is -0.835. The van der Waals surface area contributed by atoms with Crippen LogP contribution in [0.1, 0.15) is 55.5 Å². The van der Waals surface area contributed by atoms with E-state index in [4.69, 9.17) is 14.2 Å². The normalized spacial score (nSPS) is 12.8. The number of benzene rings is 2. The van der Waals surface area contributed by atoms with E-state index >= 15 is 0 Å². The van der Waals surface area contributed by atoms with E-state index < -0.39 is 35.2 Å². The van der Waals surface area contributed by atoms with Crippen LogP contribution in [0.15, 0.2) is 36.4 Å². The Bertz CT molecular complexity index is 1250. The maximum atomic E-state index is 14.0. The zero-order chi connectivity index (χ0) is 26.8. The molecule has 3 rings (SSSR count). The van der Waals surface area contributed by atoms with Crippen molar-refractivity contribution in [1.29, 1.82) is 0 Å². The molecule has 0 saturated heterocycles. The Morgan fingerprint density at radius 1 is 1.11 bits per heavy atom. The predicted molar refractivity (Wildman–Crippen MR) is 129 cm³/mol. The molecule has 0 bridgehead atoms. The highest BCUT2D eigenvalue weighted by atomic mass is 32.1. The highest BCUT2D eigenvalue weighted by Gasteiger charge is 2.34. The molecular formula is C26H27F4NO4S. The van der Waals surface area contributed by atoms with Gasteiger partial charge in [0.2, 0.25) is 0 Å². The minimum Gasteiger partial charge on any atom is -0.485 e. The van der Waals surface area contributed by atoms with Gasteiger partial charge in [0.15, 0.2) is 5.60 Å². The molecule has 0 spiro atoms. The molecule has 0 saturated carbocycles. The van der Waals surface area contributed by atoms with Gasteiger partial charge in [-0.2, -0.15) is 13.2 Å². The maximum absolute atomic E-state index is 14.0. The SMILES string of the molecule is CCOC(=O)C(C)(C)Oc1ccc(OC(C)c2sc(-c3ccc(C(F)(F)F)c(F)c3)nc2C)cc1C. The molecule has 1 unspecified atom stereocenters. The third-order valence-corrected chi connectivity index (χ3v) is 6.68. The lowest BCUT2D eigenvalue weighted by Gasteiger charge is -2.25. The minimum absolute atomic E-state index is 0.252. The van der Waals surface area contributed by atoms with E-state index in [9.17, 15) is 22.4 Å². The van der Waals surface area contributed by atoms with Gasteiger partial charge in [-0.05, 0) is 77.4 Å². The molecule has 0 aliphatic carbocycles. The first-order valence-electron chi connectivity index (χ1n) is 11.2. The molecule has 1 heterocycles. The Morgan fingerprint density at radius 2 is 1.81 bits per heavy atom. The minimum atomic E-state index is -4.76.